The Bertz CT molecular complexity index is 761. The third kappa shape index (κ3) is 3.63. The van der Waals surface area contributed by atoms with Crippen LogP contribution in [0.15, 0.2) is 24.3 Å². The van der Waals surface area contributed by atoms with E-state index in [9.17, 15) is 4.79 Å². The Morgan fingerprint density at radius 1 is 0.800 bits per heavy atom. The van der Waals surface area contributed by atoms with Gasteiger partial charge in [0.15, 0.2) is 11.5 Å². The number of carbonyl (C=O) groups excluding carboxylic acids is 1. The molecule has 0 saturated heterocycles. The summed E-state index contributed by atoms with van der Waals surface area (Å²) in [5.74, 6) is 1.80. The molecular weight excluding hydrogens is 322 g/mol. The summed E-state index contributed by atoms with van der Waals surface area (Å²) in [6, 6.07) is 6.87. The SMILES string of the molecule is COc1ccc(NC(=O)c2cc(OC)c(OC)c(OC)c2)c(C)c1C. The molecular formula is C19H23NO5. The monoisotopic (exact) mass is 345 g/mol. The first-order valence-electron chi connectivity index (χ1n) is 7.72. The maximum atomic E-state index is 12.7. The van der Waals surface area contributed by atoms with Crippen molar-refractivity contribution in [1.82, 2.24) is 0 Å². The number of carbonyl (C=O) groups is 1. The molecule has 2 rings (SSSR count). The highest BCUT2D eigenvalue weighted by molar-refractivity contribution is 6.05. The van der Waals surface area contributed by atoms with E-state index in [1.165, 1.54) is 21.3 Å². The largest absolute Gasteiger partial charge is 0.496 e. The molecule has 1 amide bonds. The van der Waals surface area contributed by atoms with Crippen LogP contribution in [0.25, 0.3) is 0 Å². The summed E-state index contributed by atoms with van der Waals surface area (Å²) >= 11 is 0. The lowest BCUT2D eigenvalue weighted by molar-refractivity contribution is 0.102. The van der Waals surface area contributed by atoms with E-state index in [0.717, 1.165) is 22.6 Å². The zero-order chi connectivity index (χ0) is 18.6. The smallest absolute Gasteiger partial charge is 0.255 e. The molecule has 0 aliphatic heterocycles. The lowest BCUT2D eigenvalue weighted by Gasteiger charge is -2.16. The van der Waals surface area contributed by atoms with Crippen LogP contribution in [0.3, 0.4) is 0 Å². The molecule has 0 fully saturated rings. The van der Waals surface area contributed by atoms with Crippen LogP contribution >= 0.6 is 0 Å². The molecule has 2 aromatic rings. The first kappa shape index (κ1) is 18.4. The van der Waals surface area contributed by atoms with E-state index < -0.39 is 0 Å². The number of nitrogens with one attached hydrogen (secondary N) is 1. The minimum atomic E-state index is -0.271. The second kappa shape index (κ2) is 7.79. The summed E-state index contributed by atoms with van der Waals surface area (Å²) in [6.07, 6.45) is 0. The van der Waals surface area contributed by atoms with Gasteiger partial charge >= 0.3 is 0 Å². The van der Waals surface area contributed by atoms with Crippen LogP contribution in [0, 0.1) is 13.8 Å². The Morgan fingerprint density at radius 3 is 1.84 bits per heavy atom. The van der Waals surface area contributed by atoms with Crippen LogP contribution in [0.2, 0.25) is 0 Å². The lowest BCUT2D eigenvalue weighted by Crippen LogP contribution is -2.14. The molecule has 134 valence electrons. The van der Waals surface area contributed by atoms with E-state index in [1.807, 2.05) is 26.0 Å². The van der Waals surface area contributed by atoms with E-state index in [4.69, 9.17) is 18.9 Å². The van der Waals surface area contributed by atoms with Crippen molar-refractivity contribution >= 4 is 11.6 Å². The maximum absolute atomic E-state index is 12.7. The summed E-state index contributed by atoms with van der Waals surface area (Å²) in [5, 5.41) is 2.91. The van der Waals surface area contributed by atoms with Gasteiger partial charge in [-0.3, -0.25) is 4.79 Å². The topological polar surface area (TPSA) is 66.0 Å². The summed E-state index contributed by atoms with van der Waals surface area (Å²) in [4.78, 5) is 12.7. The van der Waals surface area contributed by atoms with Crippen molar-refractivity contribution < 1.29 is 23.7 Å². The van der Waals surface area contributed by atoms with Crippen molar-refractivity contribution in [3.63, 3.8) is 0 Å². The van der Waals surface area contributed by atoms with Crippen LogP contribution in [-0.4, -0.2) is 34.3 Å². The van der Waals surface area contributed by atoms with Crippen molar-refractivity contribution in [2.24, 2.45) is 0 Å². The fourth-order valence-corrected chi connectivity index (χ4v) is 2.56. The standard InChI is InChI=1S/C19H23NO5/c1-11-12(2)15(22-3)8-7-14(11)20-19(21)13-9-16(23-4)18(25-6)17(10-13)24-5/h7-10H,1-6H3,(H,20,21). The van der Waals surface area contributed by atoms with Crippen molar-refractivity contribution in [1.29, 1.82) is 0 Å². The van der Waals surface area contributed by atoms with Gasteiger partial charge in [-0.2, -0.15) is 0 Å². The van der Waals surface area contributed by atoms with E-state index in [0.29, 0.717) is 22.8 Å². The van der Waals surface area contributed by atoms with Gasteiger partial charge in [0.25, 0.3) is 5.91 Å². The zero-order valence-corrected chi connectivity index (χ0v) is 15.4. The number of hydrogen-bond donors (Lipinski definition) is 1. The number of amides is 1. The average Bonchev–Trinajstić information content (AvgIpc) is 2.64. The van der Waals surface area contributed by atoms with Gasteiger partial charge in [0.1, 0.15) is 5.75 Å². The number of ether oxygens (including phenoxy) is 4. The molecule has 0 aliphatic rings. The predicted molar refractivity (Wildman–Crippen MR) is 96.5 cm³/mol. The summed E-state index contributed by atoms with van der Waals surface area (Å²) < 4.78 is 21.2. The average molecular weight is 345 g/mol. The molecule has 0 saturated carbocycles. The number of rotatable bonds is 6. The molecule has 0 aliphatic carbocycles. The highest BCUT2D eigenvalue weighted by Crippen LogP contribution is 2.38. The molecule has 0 heterocycles. The molecule has 1 N–H and O–H groups in total. The molecule has 0 spiro atoms. The van der Waals surface area contributed by atoms with Crippen LogP contribution in [-0.2, 0) is 0 Å². The number of hydrogen-bond acceptors (Lipinski definition) is 5. The van der Waals surface area contributed by atoms with Crippen LogP contribution in [0.1, 0.15) is 21.5 Å². The quantitative estimate of drug-likeness (QED) is 0.867. The van der Waals surface area contributed by atoms with Gasteiger partial charge in [0, 0.05) is 11.3 Å². The molecule has 0 aromatic heterocycles. The van der Waals surface area contributed by atoms with Gasteiger partial charge in [0.05, 0.1) is 28.4 Å². The van der Waals surface area contributed by atoms with Crippen LogP contribution in [0.4, 0.5) is 5.69 Å². The fraction of sp³-hybridized carbons (Fsp3) is 0.316. The Hall–Kier alpha value is -2.89. The normalized spacial score (nSPS) is 10.2. The third-order valence-electron chi connectivity index (χ3n) is 4.13. The lowest BCUT2D eigenvalue weighted by atomic mass is 10.1. The van der Waals surface area contributed by atoms with Gasteiger partial charge in [-0.1, -0.05) is 0 Å². The molecule has 0 radical (unpaired) electrons. The second-order valence-corrected chi connectivity index (χ2v) is 5.43. The Morgan fingerprint density at radius 2 is 1.36 bits per heavy atom. The molecule has 2 aromatic carbocycles. The van der Waals surface area contributed by atoms with Gasteiger partial charge < -0.3 is 24.3 Å². The maximum Gasteiger partial charge on any atom is 0.255 e. The molecule has 0 bridgehead atoms. The zero-order valence-electron chi connectivity index (χ0n) is 15.4. The van der Waals surface area contributed by atoms with Gasteiger partial charge in [-0.15, -0.1) is 0 Å². The van der Waals surface area contributed by atoms with Gasteiger partial charge in [-0.05, 0) is 49.2 Å². The summed E-state index contributed by atoms with van der Waals surface area (Å²) in [7, 11) is 6.16. The molecule has 6 nitrogen and oxygen atoms in total. The molecule has 0 unspecified atom stereocenters. The van der Waals surface area contributed by atoms with Crippen molar-refractivity contribution in [2.45, 2.75) is 13.8 Å². The van der Waals surface area contributed by atoms with Crippen LogP contribution < -0.4 is 24.3 Å². The Kier molecular flexibility index (Phi) is 5.75. The van der Waals surface area contributed by atoms with E-state index in [1.54, 1.807) is 19.2 Å². The number of benzene rings is 2. The molecule has 0 atom stereocenters. The van der Waals surface area contributed by atoms with Gasteiger partial charge in [0.2, 0.25) is 5.75 Å². The first-order chi connectivity index (χ1) is 12.0. The van der Waals surface area contributed by atoms with E-state index >= 15 is 0 Å². The minimum absolute atomic E-state index is 0.271. The van der Waals surface area contributed by atoms with Crippen LogP contribution in [0.5, 0.6) is 23.0 Å². The van der Waals surface area contributed by atoms with E-state index in [-0.39, 0.29) is 5.91 Å². The molecule has 25 heavy (non-hydrogen) atoms. The fourth-order valence-electron chi connectivity index (χ4n) is 2.56. The Labute approximate surface area is 147 Å². The second-order valence-electron chi connectivity index (χ2n) is 5.43. The highest BCUT2D eigenvalue weighted by Gasteiger charge is 2.18. The first-order valence-corrected chi connectivity index (χ1v) is 7.72. The summed E-state index contributed by atoms with van der Waals surface area (Å²) in [5.41, 5.74) is 3.05. The minimum Gasteiger partial charge on any atom is -0.496 e. The van der Waals surface area contributed by atoms with Gasteiger partial charge in [-0.25, -0.2) is 0 Å². The number of methoxy groups -OCH3 is 4. The highest BCUT2D eigenvalue weighted by atomic mass is 16.5. The Balaban J connectivity index is 2.37. The van der Waals surface area contributed by atoms with Crippen molar-refractivity contribution in [2.75, 3.05) is 33.8 Å². The van der Waals surface area contributed by atoms with E-state index in [2.05, 4.69) is 5.32 Å². The molecule has 6 heteroatoms. The number of anilines is 1. The summed E-state index contributed by atoms with van der Waals surface area (Å²) in [6.45, 7) is 3.88. The third-order valence-corrected chi connectivity index (χ3v) is 4.13. The predicted octanol–water partition coefficient (Wildman–Crippen LogP) is 3.59. The van der Waals surface area contributed by atoms with Crippen molar-refractivity contribution in [3.8, 4) is 23.0 Å². The van der Waals surface area contributed by atoms with Crippen molar-refractivity contribution in [3.05, 3.63) is 41.0 Å².